The van der Waals surface area contributed by atoms with Gasteiger partial charge in [0.2, 0.25) is 10.0 Å². The number of aryl methyl sites for hydroxylation is 1. The lowest BCUT2D eigenvalue weighted by molar-refractivity contribution is -0.122. The molecule has 0 unspecified atom stereocenters. The lowest BCUT2D eigenvalue weighted by Crippen LogP contribution is -2.46. The minimum atomic E-state index is -3.60. The van der Waals surface area contributed by atoms with Gasteiger partial charge in [0.05, 0.1) is 10.4 Å². The van der Waals surface area contributed by atoms with Gasteiger partial charge in [-0.15, -0.1) is 0 Å². The van der Waals surface area contributed by atoms with Crippen molar-refractivity contribution >= 4 is 15.8 Å². The number of benzene rings is 1. The Morgan fingerprint density at radius 2 is 1.83 bits per heavy atom. The minimum Gasteiger partial charge on any atom is -0.298 e. The lowest BCUT2D eigenvalue weighted by atomic mass is 10.0. The third-order valence-electron chi connectivity index (χ3n) is 3.51. The van der Waals surface area contributed by atoms with Crippen molar-refractivity contribution in [2.45, 2.75) is 37.6 Å². The minimum absolute atomic E-state index is 0.0281. The first-order valence-corrected chi connectivity index (χ1v) is 7.33. The molecular weight excluding hydrogens is 250 g/mol. The fraction of sp³-hybridized carbons (Fsp3) is 0.462. The molecule has 0 N–H and O–H groups in total. The number of ketones is 1. The smallest absolute Gasteiger partial charge is 0.244 e. The molecule has 0 spiro atoms. The first kappa shape index (κ1) is 13.2. The zero-order valence-electron chi connectivity index (χ0n) is 10.8. The van der Waals surface area contributed by atoms with E-state index >= 15 is 0 Å². The van der Waals surface area contributed by atoms with E-state index in [9.17, 15) is 13.2 Å². The zero-order chi connectivity index (χ0) is 13.6. The van der Waals surface area contributed by atoms with Gasteiger partial charge in [0.15, 0.2) is 5.78 Å². The number of carbonyl (C=O) groups excluding carboxylic acids is 1. The molecule has 4 nitrogen and oxygen atoms in total. The number of rotatable bonds is 2. The summed E-state index contributed by atoms with van der Waals surface area (Å²) in [6.07, 6.45) is 0.290. The largest absolute Gasteiger partial charge is 0.298 e. The number of nitrogens with zero attached hydrogens (tertiary/aromatic N) is 1. The Kier molecular flexibility index (Phi) is 3.07. The molecule has 1 aromatic carbocycles. The summed E-state index contributed by atoms with van der Waals surface area (Å²) in [5, 5.41) is 0. The molecule has 1 fully saturated rings. The molecule has 18 heavy (non-hydrogen) atoms. The third kappa shape index (κ3) is 1.87. The number of hydrogen-bond acceptors (Lipinski definition) is 3. The molecular formula is C13H17NO3S. The van der Waals surface area contributed by atoms with Crippen molar-refractivity contribution in [3.05, 3.63) is 29.8 Å². The van der Waals surface area contributed by atoms with Gasteiger partial charge in [-0.25, -0.2) is 8.42 Å². The molecule has 1 aliphatic rings. The predicted molar refractivity (Wildman–Crippen MR) is 68.8 cm³/mol. The summed E-state index contributed by atoms with van der Waals surface area (Å²) in [5.41, 5.74) is -0.242. The van der Waals surface area contributed by atoms with E-state index in [1.165, 1.54) is 4.31 Å². The highest BCUT2D eigenvalue weighted by Gasteiger charge is 2.47. The Morgan fingerprint density at radius 1 is 1.22 bits per heavy atom. The average molecular weight is 267 g/mol. The molecule has 0 saturated carbocycles. The van der Waals surface area contributed by atoms with Crippen molar-refractivity contribution in [1.82, 2.24) is 4.31 Å². The van der Waals surface area contributed by atoms with E-state index in [0.29, 0.717) is 5.56 Å². The van der Waals surface area contributed by atoms with Crippen LogP contribution in [0, 0.1) is 6.92 Å². The van der Waals surface area contributed by atoms with Crippen molar-refractivity contribution in [1.29, 1.82) is 0 Å². The van der Waals surface area contributed by atoms with Gasteiger partial charge in [0.1, 0.15) is 0 Å². The van der Waals surface area contributed by atoms with Crippen LogP contribution in [0.4, 0.5) is 0 Å². The molecule has 0 radical (unpaired) electrons. The maximum absolute atomic E-state index is 12.6. The van der Waals surface area contributed by atoms with Gasteiger partial charge >= 0.3 is 0 Å². The predicted octanol–water partition coefficient (Wildman–Crippen LogP) is 1.74. The van der Waals surface area contributed by atoms with Crippen LogP contribution in [0.15, 0.2) is 29.2 Å². The van der Waals surface area contributed by atoms with E-state index < -0.39 is 15.6 Å². The van der Waals surface area contributed by atoms with Gasteiger partial charge in [-0.05, 0) is 32.4 Å². The van der Waals surface area contributed by atoms with E-state index in [2.05, 4.69) is 0 Å². The van der Waals surface area contributed by atoms with Crippen LogP contribution in [-0.2, 0) is 14.8 Å². The number of hydrogen-bond donors (Lipinski definition) is 0. The second-order valence-electron chi connectivity index (χ2n) is 5.07. The third-order valence-corrected chi connectivity index (χ3v) is 5.74. The summed E-state index contributed by atoms with van der Waals surface area (Å²) in [6, 6.07) is 6.85. The van der Waals surface area contributed by atoms with Crippen molar-refractivity contribution in [3.63, 3.8) is 0 Å². The molecule has 0 atom stereocenters. The highest BCUT2D eigenvalue weighted by Crippen LogP contribution is 2.32. The Balaban J connectivity index is 2.52. The second kappa shape index (κ2) is 4.17. The Hall–Kier alpha value is -1.20. The molecule has 0 amide bonds. The van der Waals surface area contributed by atoms with Crippen LogP contribution in [-0.4, -0.2) is 30.6 Å². The molecule has 0 aromatic heterocycles. The molecule has 5 heteroatoms. The van der Waals surface area contributed by atoms with E-state index in [4.69, 9.17) is 0 Å². The second-order valence-corrected chi connectivity index (χ2v) is 6.91. The van der Waals surface area contributed by atoms with Gasteiger partial charge in [0.25, 0.3) is 0 Å². The molecule has 1 aromatic rings. The SMILES string of the molecule is Cc1ccccc1S(=O)(=O)N1CCC(=O)C1(C)C. The maximum Gasteiger partial charge on any atom is 0.244 e. The van der Waals surface area contributed by atoms with Crippen LogP contribution in [0.1, 0.15) is 25.8 Å². The molecule has 0 aliphatic carbocycles. The zero-order valence-corrected chi connectivity index (χ0v) is 11.6. The van der Waals surface area contributed by atoms with Gasteiger partial charge in [-0.2, -0.15) is 4.31 Å². The molecule has 1 saturated heterocycles. The highest BCUT2D eigenvalue weighted by atomic mass is 32.2. The van der Waals surface area contributed by atoms with Crippen molar-refractivity contribution in [3.8, 4) is 0 Å². The van der Waals surface area contributed by atoms with Gasteiger partial charge in [0, 0.05) is 13.0 Å². The maximum atomic E-state index is 12.6. The van der Waals surface area contributed by atoms with Crippen molar-refractivity contribution in [2.24, 2.45) is 0 Å². The van der Waals surface area contributed by atoms with E-state index in [-0.39, 0.29) is 23.6 Å². The van der Waals surface area contributed by atoms with Crippen molar-refractivity contribution < 1.29 is 13.2 Å². The van der Waals surface area contributed by atoms with Crippen LogP contribution in [0.5, 0.6) is 0 Å². The first-order valence-electron chi connectivity index (χ1n) is 5.89. The first-order chi connectivity index (χ1) is 8.28. The number of carbonyl (C=O) groups is 1. The van der Waals surface area contributed by atoms with E-state index in [0.717, 1.165) is 0 Å². The number of sulfonamides is 1. The van der Waals surface area contributed by atoms with Gasteiger partial charge in [-0.3, -0.25) is 4.79 Å². The Bertz CT molecular complexity index is 590. The summed E-state index contributed by atoms with van der Waals surface area (Å²) < 4.78 is 26.5. The summed E-state index contributed by atoms with van der Waals surface area (Å²) in [5.74, 6) is -0.0281. The number of Topliss-reactive ketones (excluding diaryl/α,β-unsaturated/α-hetero) is 1. The van der Waals surface area contributed by atoms with Crippen LogP contribution in [0.2, 0.25) is 0 Å². The molecule has 2 rings (SSSR count). The monoisotopic (exact) mass is 267 g/mol. The summed E-state index contributed by atoms with van der Waals surface area (Å²) in [6.45, 7) is 5.36. The van der Waals surface area contributed by atoms with E-state index in [1.54, 1.807) is 45.0 Å². The topological polar surface area (TPSA) is 54.5 Å². The fourth-order valence-electron chi connectivity index (χ4n) is 2.31. The van der Waals surface area contributed by atoms with Crippen LogP contribution >= 0.6 is 0 Å². The molecule has 1 aliphatic heterocycles. The summed E-state index contributed by atoms with van der Waals surface area (Å²) >= 11 is 0. The van der Waals surface area contributed by atoms with Crippen molar-refractivity contribution in [2.75, 3.05) is 6.54 Å². The normalized spacial score (nSPS) is 20.3. The molecule has 0 bridgehead atoms. The Morgan fingerprint density at radius 3 is 2.33 bits per heavy atom. The van der Waals surface area contributed by atoms with Gasteiger partial charge in [-0.1, -0.05) is 18.2 Å². The standard InChI is InChI=1S/C13H17NO3S/c1-10-6-4-5-7-11(10)18(16,17)14-9-8-12(15)13(14,2)3/h4-7H,8-9H2,1-3H3. The molecule has 98 valence electrons. The Labute approximate surface area is 108 Å². The summed E-state index contributed by atoms with van der Waals surface area (Å²) in [4.78, 5) is 12.0. The van der Waals surface area contributed by atoms with Crippen LogP contribution < -0.4 is 0 Å². The molecule has 1 heterocycles. The average Bonchev–Trinajstić information content (AvgIpc) is 2.54. The van der Waals surface area contributed by atoms with Crippen LogP contribution in [0.3, 0.4) is 0 Å². The van der Waals surface area contributed by atoms with Crippen LogP contribution in [0.25, 0.3) is 0 Å². The van der Waals surface area contributed by atoms with E-state index in [1.807, 2.05) is 0 Å². The lowest BCUT2D eigenvalue weighted by Gasteiger charge is -2.29. The highest BCUT2D eigenvalue weighted by molar-refractivity contribution is 7.89. The van der Waals surface area contributed by atoms with Gasteiger partial charge < -0.3 is 0 Å². The summed E-state index contributed by atoms with van der Waals surface area (Å²) in [7, 11) is -3.60. The fourth-order valence-corrected chi connectivity index (χ4v) is 4.31. The quantitative estimate of drug-likeness (QED) is 0.820.